The maximum atomic E-state index is 7.48. The third-order valence-corrected chi connectivity index (χ3v) is 4.39. The van der Waals surface area contributed by atoms with E-state index in [2.05, 4.69) is 14.8 Å². The zero-order chi connectivity index (χ0) is 13.9. The van der Waals surface area contributed by atoms with E-state index in [9.17, 15) is 0 Å². The van der Waals surface area contributed by atoms with E-state index < -0.39 is 0 Å². The Hall–Kier alpha value is -1.46. The van der Waals surface area contributed by atoms with Crippen molar-refractivity contribution < 1.29 is 0 Å². The lowest BCUT2D eigenvalue weighted by Crippen LogP contribution is -2.36. The van der Waals surface area contributed by atoms with Gasteiger partial charge in [0, 0.05) is 25.3 Å². The second kappa shape index (κ2) is 5.89. The molecule has 3 rings (SSSR count). The lowest BCUT2D eigenvalue weighted by atomic mass is 10.1. The first-order valence-electron chi connectivity index (χ1n) is 7.48. The molecule has 2 aliphatic heterocycles. The van der Waals surface area contributed by atoms with Crippen LogP contribution in [-0.2, 0) is 6.54 Å². The summed E-state index contributed by atoms with van der Waals surface area (Å²) in [7, 11) is 0. The van der Waals surface area contributed by atoms with Gasteiger partial charge in [-0.3, -0.25) is 20.2 Å². The minimum absolute atomic E-state index is 0.0460. The molecule has 2 fully saturated rings. The molecule has 0 radical (unpaired) electrons. The van der Waals surface area contributed by atoms with Crippen LogP contribution in [0.3, 0.4) is 0 Å². The maximum absolute atomic E-state index is 7.48. The van der Waals surface area contributed by atoms with Crippen molar-refractivity contribution in [1.29, 1.82) is 5.41 Å². The summed E-state index contributed by atoms with van der Waals surface area (Å²) in [4.78, 5) is 9.31. The van der Waals surface area contributed by atoms with Crippen LogP contribution in [0, 0.1) is 5.41 Å². The van der Waals surface area contributed by atoms with E-state index in [4.69, 9.17) is 11.1 Å². The second-order valence-corrected chi connectivity index (χ2v) is 5.88. The van der Waals surface area contributed by atoms with Crippen LogP contribution >= 0.6 is 0 Å². The molecule has 20 heavy (non-hydrogen) atoms. The molecule has 3 N–H and O–H groups in total. The number of hydrogen-bond acceptors (Lipinski definition) is 4. The Balaban J connectivity index is 1.67. The van der Waals surface area contributed by atoms with Gasteiger partial charge >= 0.3 is 0 Å². The Labute approximate surface area is 120 Å². The zero-order valence-electron chi connectivity index (χ0n) is 11.9. The van der Waals surface area contributed by atoms with Crippen LogP contribution < -0.4 is 5.73 Å². The van der Waals surface area contributed by atoms with Crippen LogP contribution in [-0.4, -0.2) is 52.8 Å². The summed E-state index contributed by atoms with van der Waals surface area (Å²) in [6, 6.07) is 4.72. The molecule has 0 spiro atoms. The number of nitrogen functional groups attached to an aromatic ring is 1. The van der Waals surface area contributed by atoms with E-state index in [1.165, 1.54) is 37.9 Å². The number of nitrogens with one attached hydrogen (secondary N) is 1. The predicted octanol–water partition coefficient (Wildman–Crippen LogP) is 1.04. The van der Waals surface area contributed by atoms with E-state index in [0.29, 0.717) is 5.69 Å². The molecule has 0 aromatic carbocycles. The van der Waals surface area contributed by atoms with Gasteiger partial charge in [0.25, 0.3) is 0 Å². The summed E-state index contributed by atoms with van der Waals surface area (Å²) in [6.07, 6.45) is 5.70. The van der Waals surface area contributed by atoms with E-state index in [-0.39, 0.29) is 5.84 Å². The Bertz CT molecular complexity index is 487. The highest BCUT2D eigenvalue weighted by atomic mass is 15.3. The number of amidine groups is 1. The zero-order valence-corrected chi connectivity index (χ0v) is 11.9. The molecular weight excluding hydrogens is 250 g/mol. The minimum Gasteiger partial charge on any atom is -0.382 e. The number of nitrogens with zero attached hydrogens (tertiary/aromatic N) is 3. The van der Waals surface area contributed by atoms with Crippen molar-refractivity contribution >= 4 is 5.84 Å². The molecule has 0 aliphatic carbocycles. The Morgan fingerprint density at radius 2 is 2.20 bits per heavy atom. The van der Waals surface area contributed by atoms with Crippen LogP contribution in [0.4, 0.5) is 0 Å². The lowest BCUT2D eigenvalue weighted by Gasteiger charge is -2.25. The summed E-state index contributed by atoms with van der Waals surface area (Å²) in [6.45, 7) is 5.79. The number of fused-ring (bicyclic) bond motifs is 1. The van der Waals surface area contributed by atoms with E-state index in [0.717, 1.165) is 25.7 Å². The number of rotatable bonds is 3. The molecule has 1 aromatic rings. The van der Waals surface area contributed by atoms with Gasteiger partial charge in [-0.2, -0.15) is 0 Å². The van der Waals surface area contributed by atoms with Crippen LogP contribution in [0.1, 0.15) is 30.5 Å². The smallest absolute Gasteiger partial charge is 0.141 e. The largest absolute Gasteiger partial charge is 0.382 e. The van der Waals surface area contributed by atoms with E-state index in [1.54, 1.807) is 6.20 Å². The fourth-order valence-corrected chi connectivity index (χ4v) is 3.40. The van der Waals surface area contributed by atoms with Gasteiger partial charge in [0.15, 0.2) is 0 Å². The van der Waals surface area contributed by atoms with Gasteiger partial charge in [0.1, 0.15) is 11.5 Å². The van der Waals surface area contributed by atoms with Crippen molar-refractivity contribution in [3.63, 3.8) is 0 Å². The summed E-state index contributed by atoms with van der Waals surface area (Å²) in [5.74, 6) is 0.0460. The van der Waals surface area contributed by atoms with Crippen molar-refractivity contribution in [3.05, 3.63) is 29.6 Å². The number of hydrogen-bond donors (Lipinski definition) is 2. The van der Waals surface area contributed by atoms with Crippen molar-refractivity contribution in [2.24, 2.45) is 5.73 Å². The van der Waals surface area contributed by atoms with Gasteiger partial charge in [-0.15, -0.1) is 0 Å². The quantitative estimate of drug-likeness (QED) is 0.637. The van der Waals surface area contributed by atoms with E-state index in [1.807, 2.05) is 12.1 Å². The highest BCUT2D eigenvalue weighted by Gasteiger charge is 2.28. The fraction of sp³-hybridized carbons (Fsp3) is 0.600. The Kier molecular flexibility index (Phi) is 3.98. The summed E-state index contributed by atoms with van der Waals surface area (Å²) in [5, 5.41) is 7.48. The highest BCUT2D eigenvalue weighted by Crippen LogP contribution is 2.22. The van der Waals surface area contributed by atoms with Crippen LogP contribution in [0.2, 0.25) is 0 Å². The molecule has 1 unspecified atom stereocenters. The Morgan fingerprint density at radius 1 is 1.35 bits per heavy atom. The summed E-state index contributed by atoms with van der Waals surface area (Å²) >= 11 is 0. The molecule has 0 bridgehead atoms. The van der Waals surface area contributed by atoms with Crippen LogP contribution in [0.25, 0.3) is 0 Å². The molecule has 1 aromatic heterocycles. The predicted molar refractivity (Wildman–Crippen MR) is 79.7 cm³/mol. The number of pyridine rings is 1. The van der Waals surface area contributed by atoms with Gasteiger partial charge in [-0.1, -0.05) is 0 Å². The third kappa shape index (κ3) is 2.99. The van der Waals surface area contributed by atoms with Gasteiger partial charge in [0.05, 0.1) is 0 Å². The lowest BCUT2D eigenvalue weighted by molar-refractivity contribution is 0.215. The summed E-state index contributed by atoms with van der Waals surface area (Å²) in [5.41, 5.74) is 7.30. The first-order valence-corrected chi connectivity index (χ1v) is 7.48. The molecule has 0 amide bonds. The highest BCUT2D eigenvalue weighted by molar-refractivity contribution is 5.93. The van der Waals surface area contributed by atoms with Crippen LogP contribution in [0.5, 0.6) is 0 Å². The van der Waals surface area contributed by atoms with E-state index >= 15 is 0 Å². The molecule has 2 saturated heterocycles. The van der Waals surface area contributed by atoms with Crippen molar-refractivity contribution in [1.82, 2.24) is 14.8 Å². The first kappa shape index (κ1) is 13.5. The van der Waals surface area contributed by atoms with Gasteiger partial charge in [-0.05, 0) is 56.6 Å². The third-order valence-electron chi connectivity index (χ3n) is 4.39. The second-order valence-electron chi connectivity index (χ2n) is 5.88. The maximum Gasteiger partial charge on any atom is 0.141 e. The molecule has 5 heteroatoms. The molecule has 2 aliphatic rings. The fourth-order valence-electron chi connectivity index (χ4n) is 3.40. The average molecular weight is 273 g/mol. The SMILES string of the molecule is N=C(N)c1cc(CN2CCCN3CCCC3C2)ccn1. The molecule has 108 valence electrons. The molecule has 5 nitrogen and oxygen atoms in total. The van der Waals surface area contributed by atoms with Gasteiger partial charge in [0.2, 0.25) is 0 Å². The Morgan fingerprint density at radius 3 is 3.05 bits per heavy atom. The molecule has 3 heterocycles. The van der Waals surface area contributed by atoms with Crippen molar-refractivity contribution in [2.75, 3.05) is 26.2 Å². The van der Waals surface area contributed by atoms with Gasteiger partial charge in [-0.25, -0.2) is 0 Å². The average Bonchev–Trinajstić information content (AvgIpc) is 2.78. The summed E-state index contributed by atoms with van der Waals surface area (Å²) < 4.78 is 0. The first-order chi connectivity index (χ1) is 9.72. The molecule has 0 saturated carbocycles. The number of nitrogens with two attached hydrogens (primary N) is 1. The minimum atomic E-state index is 0.0460. The van der Waals surface area contributed by atoms with Crippen molar-refractivity contribution in [2.45, 2.75) is 31.8 Å². The monoisotopic (exact) mass is 273 g/mol. The standard InChI is InChI=1S/C15H23N5/c16-15(17)14-9-12(4-5-18-14)10-19-6-2-8-20-7-1-3-13(20)11-19/h4-5,9,13H,1-3,6-8,10-11H2,(H3,16,17). The molecular formula is C15H23N5. The van der Waals surface area contributed by atoms with Crippen LogP contribution in [0.15, 0.2) is 18.3 Å². The number of aromatic nitrogens is 1. The van der Waals surface area contributed by atoms with Crippen molar-refractivity contribution in [3.8, 4) is 0 Å². The van der Waals surface area contributed by atoms with Gasteiger partial charge < -0.3 is 5.73 Å². The topological polar surface area (TPSA) is 69.2 Å². The molecule has 1 atom stereocenters. The normalized spacial score (nSPS) is 24.3.